The van der Waals surface area contributed by atoms with Crippen molar-refractivity contribution in [1.29, 1.82) is 0 Å². The van der Waals surface area contributed by atoms with Crippen molar-refractivity contribution in [3.05, 3.63) is 27.1 Å². The molecule has 1 unspecified atom stereocenters. The highest BCUT2D eigenvalue weighted by molar-refractivity contribution is 7.18. The van der Waals surface area contributed by atoms with Gasteiger partial charge in [-0.15, -0.1) is 11.3 Å². The number of ether oxygens (including phenoxy) is 1. The molecule has 8 nitrogen and oxygen atoms in total. The summed E-state index contributed by atoms with van der Waals surface area (Å²) in [6.45, 7) is 7.89. The molecule has 3 rings (SSSR count). The highest BCUT2D eigenvalue weighted by Gasteiger charge is 2.23. The van der Waals surface area contributed by atoms with Gasteiger partial charge in [0, 0.05) is 30.9 Å². The lowest BCUT2D eigenvalue weighted by atomic mass is 10.2. The highest BCUT2D eigenvalue weighted by atomic mass is 32.1. The molecule has 2 aromatic rings. The van der Waals surface area contributed by atoms with Gasteiger partial charge < -0.3 is 15.0 Å². The third-order valence-corrected chi connectivity index (χ3v) is 5.92. The second kappa shape index (κ2) is 8.18. The van der Waals surface area contributed by atoms with Gasteiger partial charge in [0.15, 0.2) is 0 Å². The maximum atomic E-state index is 12.6. The van der Waals surface area contributed by atoms with E-state index in [1.807, 2.05) is 13.8 Å². The van der Waals surface area contributed by atoms with Gasteiger partial charge in [0.1, 0.15) is 10.9 Å². The van der Waals surface area contributed by atoms with Crippen LogP contribution in [0, 0.1) is 13.8 Å². The minimum atomic E-state index is -0.602. The zero-order chi connectivity index (χ0) is 19.6. The van der Waals surface area contributed by atoms with Crippen molar-refractivity contribution >= 4 is 33.4 Å². The molecule has 0 saturated carbocycles. The third kappa shape index (κ3) is 4.19. The molecule has 1 aliphatic rings. The summed E-state index contributed by atoms with van der Waals surface area (Å²) in [5.41, 5.74) is 0.808. The van der Waals surface area contributed by atoms with Crippen LogP contribution in [0.3, 0.4) is 0 Å². The Morgan fingerprint density at radius 1 is 1.33 bits per heavy atom. The summed E-state index contributed by atoms with van der Waals surface area (Å²) in [5, 5.41) is 3.34. The van der Waals surface area contributed by atoms with E-state index in [0.717, 1.165) is 15.3 Å². The number of hydrogen-bond donors (Lipinski definition) is 1. The Morgan fingerprint density at radius 2 is 2.04 bits per heavy atom. The van der Waals surface area contributed by atoms with Crippen molar-refractivity contribution in [2.45, 2.75) is 39.8 Å². The molecule has 1 atom stereocenters. The van der Waals surface area contributed by atoms with Crippen LogP contribution in [0.15, 0.2) is 11.1 Å². The fourth-order valence-electron chi connectivity index (χ4n) is 3.08. The number of nitrogens with one attached hydrogen (secondary N) is 1. The summed E-state index contributed by atoms with van der Waals surface area (Å²) in [6, 6.07) is -0.602. The van der Waals surface area contributed by atoms with Crippen LogP contribution in [0.4, 0.5) is 0 Å². The second-order valence-corrected chi connectivity index (χ2v) is 7.89. The number of hydrogen-bond acceptors (Lipinski definition) is 6. The van der Waals surface area contributed by atoms with E-state index >= 15 is 0 Å². The normalized spacial score (nSPS) is 15.7. The number of aromatic nitrogens is 2. The summed E-state index contributed by atoms with van der Waals surface area (Å²) < 4.78 is 6.68. The summed E-state index contributed by atoms with van der Waals surface area (Å²) in [7, 11) is 0. The van der Waals surface area contributed by atoms with Crippen LogP contribution >= 0.6 is 11.3 Å². The molecule has 0 bridgehead atoms. The Balaban J connectivity index is 1.59. The fraction of sp³-hybridized carbons (Fsp3) is 0.556. The van der Waals surface area contributed by atoms with Gasteiger partial charge in [0.2, 0.25) is 11.8 Å². The second-order valence-electron chi connectivity index (χ2n) is 6.68. The van der Waals surface area contributed by atoms with Gasteiger partial charge in [-0.1, -0.05) is 0 Å². The van der Waals surface area contributed by atoms with E-state index in [4.69, 9.17) is 4.74 Å². The van der Waals surface area contributed by atoms with Crippen molar-refractivity contribution in [3.63, 3.8) is 0 Å². The third-order valence-electron chi connectivity index (χ3n) is 4.81. The first-order valence-electron chi connectivity index (χ1n) is 8.99. The van der Waals surface area contributed by atoms with E-state index in [0.29, 0.717) is 31.7 Å². The fourth-order valence-corrected chi connectivity index (χ4v) is 4.07. The molecule has 0 radical (unpaired) electrons. The van der Waals surface area contributed by atoms with Crippen LogP contribution in [-0.4, -0.2) is 58.6 Å². The maximum Gasteiger partial charge on any atom is 0.262 e. The van der Waals surface area contributed by atoms with Crippen LogP contribution in [0.5, 0.6) is 0 Å². The number of rotatable bonds is 5. The van der Waals surface area contributed by atoms with Crippen molar-refractivity contribution < 1.29 is 14.3 Å². The first-order valence-corrected chi connectivity index (χ1v) is 9.81. The van der Waals surface area contributed by atoms with Crippen LogP contribution in [-0.2, 0) is 20.9 Å². The zero-order valence-electron chi connectivity index (χ0n) is 15.8. The summed E-state index contributed by atoms with van der Waals surface area (Å²) in [5.74, 6) is -0.384. The molecule has 0 aliphatic carbocycles. The Labute approximate surface area is 161 Å². The van der Waals surface area contributed by atoms with Crippen LogP contribution in [0.25, 0.3) is 10.2 Å². The standard InChI is InChI=1S/C18H24N4O4S/c1-11-13(3)27-16-15(11)18(25)22(10-19-16)5-4-14(23)20-12(2)17(24)21-6-8-26-9-7-21/h10,12H,4-9H2,1-3H3,(H,20,23). The van der Waals surface area contributed by atoms with E-state index in [1.165, 1.54) is 22.2 Å². The van der Waals surface area contributed by atoms with Gasteiger partial charge in [-0.25, -0.2) is 4.98 Å². The molecule has 27 heavy (non-hydrogen) atoms. The minimum Gasteiger partial charge on any atom is -0.378 e. The van der Waals surface area contributed by atoms with Crippen molar-refractivity contribution in [3.8, 4) is 0 Å². The van der Waals surface area contributed by atoms with E-state index in [1.54, 1.807) is 11.8 Å². The monoisotopic (exact) mass is 392 g/mol. The van der Waals surface area contributed by atoms with Gasteiger partial charge in [0.05, 0.1) is 24.9 Å². The molecule has 3 heterocycles. The van der Waals surface area contributed by atoms with Crippen molar-refractivity contribution in [2.75, 3.05) is 26.3 Å². The topological polar surface area (TPSA) is 93.5 Å². The first-order chi connectivity index (χ1) is 12.9. The van der Waals surface area contributed by atoms with Crippen LogP contribution in [0.2, 0.25) is 0 Å². The summed E-state index contributed by atoms with van der Waals surface area (Å²) in [4.78, 5) is 45.0. The molecular weight excluding hydrogens is 368 g/mol. The van der Waals surface area contributed by atoms with Gasteiger partial charge in [-0.2, -0.15) is 0 Å². The van der Waals surface area contributed by atoms with E-state index in [9.17, 15) is 14.4 Å². The average Bonchev–Trinajstić information content (AvgIpc) is 2.96. The Hall–Kier alpha value is -2.26. The number of morpholine rings is 1. The average molecular weight is 392 g/mol. The molecule has 1 N–H and O–H groups in total. The predicted molar refractivity (Wildman–Crippen MR) is 103 cm³/mol. The molecule has 0 spiro atoms. The van der Waals surface area contributed by atoms with Gasteiger partial charge >= 0.3 is 0 Å². The van der Waals surface area contributed by atoms with E-state index in [2.05, 4.69) is 10.3 Å². The van der Waals surface area contributed by atoms with Gasteiger partial charge in [-0.3, -0.25) is 19.0 Å². The van der Waals surface area contributed by atoms with Crippen molar-refractivity contribution in [1.82, 2.24) is 19.8 Å². The van der Waals surface area contributed by atoms with Crippen molar-refractivity contribution in [2.24, 2.45) is 0 Å². The number of aryl methyl sites for hydroxylation is 3. The lowest BCUT2D eigenvalue weighted by Crippen LogP contribution is -2.50. The lowest BCUT2D eigenvalue weighted by Gasteiger charge is -2.29. The van der Waals surface area contributed by atoms with Crippen LogP contribution in [0.1, 0.15) is 23.8 Å². The van der Waals surface area contributed by atoms with Crippen LogP contribution < -0.4 is 10.9 Å². The number of fused-ring (bicyclic) bond motifs is 1. The molecule has 1 fully saturated rings. The van der Waals surface area contributed by atoms with E-state index in [-0.39, 0.29) is 30.3 Å². The van der Waals surface area contributed by atoms with Gasteiger partial charge in [0.25, 0.3) is 5.56 Å². The predicted octanol–water partition coefficient (Wildman–Crippen LogP) is 0.828. The Bertz CT molecular complexity index is 914. The highest BCUT2D eigenvalue weighted by Crippen LogP contribution is 2.25. The SMILES string of the molecule is Cc1sc2ncn(CCC(=O)NC(C)C(=O)N3CCOCC3)c(=O)c2c1C. The Morgan fingerprint density at radius 3 is 2.74 bits per heavy atom. The number of carbonyl (C=O) groups is 2. The molecular formula is C18H24N4O4S. The molecule has 146 valence electrons. The molecule has 0 aromatic carbocycles. The quantitative estimate of drug-likeness (QED) is 0.813. The summed E-state index contributed by atoms with van der Waals surface area (Å²) >= 11 is 1.50. The molecule has 9 heteroatoms. The number of nitrogens with zero attached hydrogens (tertiary/aromatic N) is 3. The van der Waals surface area contributed by atoms with E-state index < -0.39 is 6.04 Å². The summed E-state index contributed by atoms with van der Waals surface area (Å²) in [6.07, 6.45) is 1.59. The molecule has 2 amide bonds. The number of amides is 2. The molecule has 2 aromatic heterocycles. The minimum absolute atomic E-state index is 0.107. The largest absolute Gasteiger partial charge is 0.378 e. The number of thiophene rings is 1. The zero-order valence-corrected chi connectivity index (χ0v) is 16.6. The smallest absolute Gasteiger partial charge is 0.262 e. The lowest BCUT2D eigenvalue weighted by molar-refractivity contribution is -0.139. The maximum absolute atomic E-state index is 12.6. The first kappa shape index (κ1) is 19.5. The Kier molecular flexibility index (Phi) is 5.91. The molecule has 1 saturated heterocycles. The molecule has 1 aliphatic heterocycles. The number of carbonyl (C=O) groups excluding carboxylic acids is 2. The van der Waals surface area contributed by atoms with Gasteiger partial charge in [-0.05, 0) is 26.3 Å².